The SMILES string of the molecule is COc1ccc(Cn2c(CCCc3c[nH]c4ccccc34)nnc2[C@@H](Cc2c[nH]c3ccccc23)NC(=O)C(C)(C)N)c(OC)c1. The maximum Gasteiger partial charge on any atom is 0.240 e. The van der Waals surface area contributed by atoms with Gasteiger partial charge in [0, 0.05) is 58.7 Å². The van der Waals surface area contributed by atoms with Crippen molar-refractivity contribution in [2.75, 3.05) is 14.2 Å². The minimum atomic E-state index is -1.08. The Morgan fingerprint density at radius 2 is 1.57 bits per heavy atom. The molecular weight excluding hydrogens is 578 g/mol. The fourth-order valence-corrected chi connectivity index (χ4v) is 5.96. The van der Waals surface area contributed by atoms with Crippen LogP contribution in [0.1, 0.15) is 54.6 Å². The van der Waals surface area contributed by atoms with Crippen LogP contribution in [-0.4, -0.2) is 50.4 Å². The number of carbonyl (C=O) groups is 1. The van der Waals surface area contributed by atoms with E-state index < -0.39 is 11.6 Å². The van der Waals surface area contributed by atoms with Crippen LogP contribution in [0.2, 0.25) is 0 Å². The van der Waals surface area contributed by atoms with Gasteiger partial charge in [-0.3, -0.25) is 4.79 Å². The van der Waals surface area contributed by atoms with E-state index in [-0.39, 0.29) is 5.91 Å². The standard InChI is InChI=1S/C36H41N7O3/c1-36(2,37)35(44)40-31(18-25-21-39-30-14-8-6-12-28(25)30)34-42-41-33(15-9-10-23-20-38-29-13-7-5-11-27(23)29)43(34)22-24-16-17-26(45-3)19-32(24)46-4/h5-8,11-14,16-17,19-21,31,38-39H,9-10,15,18,22,37H2,1-4H3,(H,40,44)/t31-/m1/s1. The van der Waals surface area contributed by atoms with Crippen LogP contribution in [0, 0.1) is 0 Å². The second kappa shape index (κ2) is 13.1. The first-order valence-electron chi connectivity index (χ1n) is 15.6. The monoisotopic (exact) mass is 619 g/mol. The average Bonchev–Trinajstić information content (AvgIpc) is 3.78. The van der Waals surface area contributed by atoms with Crippen LogP contribution in [0.25, 0.3) is 21.8 Å². The van der Waals surface area contributed by atoms with Gasteiger partial charge in [-0.1, -0.05) is 36.4 Å². The van der Waals surface area contributed by atoms with Gasteiger partial charge in [0.05, 0.1) is 32.3 Å². The Morgan fingerprint density at radius 1 is 0.891 bits per heavy atom. The number of amides is 1. The number of hydrogen-bond acceptors (Lipinski definition) is 6. The van der Waals surface area contributed by atoms with Crippen molar-refractivity contribution in [2.24, 2.45) is 5.73 Å². The summed E-state index contributed by atoms with van der Waals surface area (Å²) in [6.07, 6.45) is 7.03. The smallest absolute Gasteiger partial charge is 0.240 e. The molecule has 10 heteroatoms. The van der Waals surface area contributed by atoms with E-state index >= 15 is 0 Å². The summed E-state index contributed by atoms with van der Waals surface area (Å²) >= 11 is 0. The van der Waals surface area contributed by atoms with Gasteiger partial charge in [-0.25, -0.2) is 0 Å². The van der Waals surface area contributed by atoms with Crippen molar-refractivity contribution in [1.82, 2.24) is 30.0 Å². The number of nitrogens with two attached hydrogens (primary N) is 1. The number of aromatic nitrogens is 5. The number of benzene rings is 3. The van der Waals surface area contributed by atoms with Gasteiger partial charge >= 0.3 is 0 Å². The number of nitrogens with zero attached hydrogens (tertiary/aromatic N) is 3. The lowest BCUT2D eigenvalue weighted by atomic mass is 10.0. The molecule has 0 unspecified atom stereocenters. The summed E-state index contributed by atoms with van der Waals surface area (Å²) in [5.74, 6) is 2.62. The van der Waals surface area contributed by atoms with E-state index in [2.05, 4.69) is 50.3 Å². The molecule has 0 saturated heterocycles. The number of methoxy groups -OCH3 is 2. The highest BCUT2D eigenvalue weighted by molar-refractivity contribution is 5.86. The molecule has 0 saturated carbocycles. The van der Waals surface area contributed by atoms with Gasteiger partial charge in [0.2, 0.25) is 5.91 Å². The largest absolute Gasteiger partial charge is 0.497 e. The normalized spacial score (nSPS) is 12.5. The Morgan fingerprint density at radius 3 is 2.24 bits per heavy atom. The van der Waals surface area contributed by atoms with Crippen molar-refractivity contribution in [3.8, 4) is 11.5 Å². The van der Waals surface area contributed by atoms with Crippen molar-refractivity contribution < 1.29 is 14.3 Å². The Kier molecular flexibility index (Phi) is 8.81. The number of carbonyl (C=O) groups excluding carboxylic acids is 1. The highest BCUT2D eigenvalue weighted by Gasteiger charge is 2.30. The predicted octanol–water partition coefficient (Wildman–Crippen LogP) is 5.62. The molecule has 0 fully saturated rings. The maximum absolute atomic E-state index is 13.4. The van der Waals surface area contributed by atoms with Gasteiger partial charge in [-0.15, -0.1) is 10.2 Å². The summed E-state index contributed by atoms with van der Waals surface area (Å²) < 4.78 is 13.3. The molecule has 1 atom stereocenters. The highest BCUT2D eigenvalue weighted by Crippen LogP contribution is 2.29. The molecule has 6 rings (SSSR count). The molecule has 0 spiro atoms. The van der Waals surface area contributed by atoms with Crippen LogP contribution >= 0.6 is 0 Å². The van der Waals surface area contributed by atoms with Crippen LogP contribution in [-0.2, 0) is 30.6 Å². The molecule has 0 aliphatic heterocycles. The average molecular weight is 620 g/mol. The van der Waals surface area contributed by atoms with Crippen LogP contribution in [0.15, 0.2) is 79.1 Å². The number of H-pyrrole nitrogens is 2. The number of hydrogen-bond donors (Lipinski definition) is 4. The second-order valence-electron chi connectivity index (χ2n) is 12.3. The summed E-state index contributed by atoms with van der Waals surface area (Å²) in [6.45, 7) is 3.85. The first-order valence-corrected chi connectivity index (χ1v) is 15.6. The number of ether oxygens (including phenoxy) is 2. The van der Waals surface area contributed by atoms with E-state index in [0.29, 0.717) is 36.7 Å². The molecule has 3 aromatic carbocycles. The lowest BCUT2D eigenvalue weighted by Gasteiger charge is -2.25. The lowest BCUT2D eigenvalue weighted by molar-refractivity contribution is -0.126. The Hall–Kier alpha value is -5.09. The highest BCUT2D eigenvalue weighted by atomic mass is 16.5. The number of aryl methyl sites for hydroxylation is 2. The molecule has 1 amide bonds. The number of fused-ring (bicyclic) bond motifs is 2. The van der Waals surface area contributed by atoms with Gasteiger partial charge in [0.25, 0.3) is 0 Å². The van der Waals surface area contributed by atoms with Crippen molar-refractivity contribution >= 4 is 27.7 Å². The molecular formula is C36H41N7O3. The van der Waals surface area contributed by atoms with Gasteiger partial charge in [0.1, 0.15) is 17.3 Å². The first-order chi connectivity index (χ1) is 22.2. The van der Waals surface area contributed by atoms with E-state index in [0.717, 1.165) is 46.2 Å². The second-order valence-corrected chi connectivity index (χ2v) is 12.3. The molecule has 5 N–H and O–H groups in total. The number of para-hydroxylation sites is 2. The van der Waals surface area contributed by atoms with Crippen molar-refractivity contribution in [3.05, 3.63) is 107 Å². The van der Waals surface area contributed by atoms with Gasteiger partial charge in [-0.05, 0) is 62.1 Å². The van der Waals surface area contributed by atoms with Crippen LogP contribution < -0.4 is 20.5 Å². The summed E-state index contributed by atoms with van der Waals surface area (Å²) in [4.78, 5) is 20.1. The summed E-state index contributed by atoms with van der Waals surface area (Å²) in [6, 6.07) is 21.8. The molecule has 0 aliphatic carbocycles. The molecule has 10 nitrogen and oxygen atoms in total. The fourth-order valence-electron chi connectivity index (χ4n) is 5.96. The molecule has 0 aliphatic rings. The van der Waals surface area contributed by atoms with Crippen molar-refractivity contribution in [3.63, 3.8) is 0 Å². The summed E-state index contributed by atoms with van der Waals surface area (Å²) in [7, 11) is 3.28. The van der Waals surface area contributed by atoms with Crippen LogP contribution in [0.3, 0.4) is 0 Å². The Labute approximate surface area is 268 Å². The Balaban J connectivity index is 1.37. The number of aromatic amines is 2. The molecule has 238 valence electrons. The van der Waals surface area contributed by atoms with E-state index in [9.17, 15) is 4.79 Å². The van der Waals surface area contributed by atoms with Crippen LogP contribution in [0.4, 0.5) is 0 Å². The van der Waals surface area contributed by atoms with Gasteiger partial charge in [0.15, 0.2) is 5.82 Å². The zero-order valence-corrected chi connectivity index (χ0v) is 26.8. The topological polar surface area (TPSA) is 136 Å². The zero-order valence-electron chi connectivity index (χ0n) is 26.8. The predicted molar refractivity (Wildman–Crippen MR) is 180 cm³/mol. The zero-order chi connectivity index (χ0) is 32.3. The molecule has 0 radical (unpaired) electrons. The quantitative estimate of drug-likeness (QED) is 0.133. The van der Waals surface area contributed by atoms with E-state index in [1.54, 1.807) is 28.1 Å². The van der Waals surface area contributed by atoms with Gasteiger partial charge < -0.3 is 35.1 Å². The van der Waals surface area contributed by atoms with Gasteiger partial charge in [-0.2, -0.15) is 0 Å². The minimum Gasteiger partial charge on any atom is -0.497 e. The first kappa shape index (κ1) is 30.9. The molecule has 0 bridgehead atoms. The summed E-state index contributed by atoms with van der Waals surface area (Å²) in [5.41, 5.74) is 10.6. The lowest BCUT2D eigenvalue weighted by Crippen LogP contribution is -2.50. The minimum absolute atomic E-state index is 0.269. The van der Waals surface area contributed by atoms with Crippen molar-refractivity contribution in [1.29, 1.82) is 0 Å². The third kappa shape index (κ3) is 6.48. The van der Waals surface area contributed by atoms with Crippen molar-refractivity contribution in [2.45, 2.75) is 57.7 Å². The maximum atomic E-state index is 13.4. The molecule has 3 heterocycles. The third-order valence-corrected chi connectivity index (χ3v) is 8.50. The van der Waals surface area contributed by atoms with E-state index in [1.807, 2.05) is 48.7 Å². The fraction of sp³-hybridized carbons (Fsp3) is 0.306. The van der Waals surface area contributed by atoms with Crippen LogP contribution in [0.5, 0.6) is 11.5 Å². The Bertz CT molecular complexity index is 1960. The summed E-state index contributed by atoms with van der Waals surface area (Å²) in [5, 5.41) is 15.0. The molecule has 3 aromatic heterocycles. The van der Waals surface area contributed by atoms with E-state index in [1.165, 1.54) is 10.9 Å². The molecule has 46 heavy (non-hydrogen) atoms. The third-order valence-electron chi connectivity index (χ3n) is 8.50. The number of rotatable bonds is 13. The molecule has 6 aromatic rings. The van der Waals surface area contributed by atoms with E-state index in [4.69, 9.17) is 25.4 Å². The number of nitrogens with one attached hydrogen (secondary N) is 3.